The van der Waals surface area contributed by atoms with Gasteiger partial charge in [0.1, 0.15) is 11.9 Å². The molecule has 0 fully saturated rings. The highest BCUT2D eigenvalue weighted by atomic mass is 19.4. The Bertz CT molecular complexity index is 1480. The summed E-state index contributed by atoms with van der Waals surface area (Å²) < 4.78 is 58.6. The molecule has 0 spiro atoms. The SMILES string of the molecule is CCCCCCCCCCOc1ccc(CCc2ccc(C(=O)OC3c4ccccc4CCC3C(=O)O[C@H](CCCCCC)C(F)(F)F)cc2)cc1. The van der Waals surface area contributed by atoms with E-state index in [0.29, 0.717) is 30.4 Å². The highest BCUT2D eigenvalue weighted by molar-refractivity contribution is 5.90. The molecule has 2 unspecified atom stereocenters. The van der Waals surface area contributed by atoms with Crippen LogP contribution in [0.15, 0.2) is 72.8 Å². The summed E-state index contributed by atoms with van der Waals surface area (Å²) in [4.78, 5) is 26.7. The zero-order valence-corrected chi connectivity index (χ0v) is 31.1. The molecule has 0 saturated carbocycles. The van der Waals surface area contributed by atoms with Gasteiger partial charge in [-0.15, -0.1) is 0 Å². The molecular formula is C44H57F3O5. The average molecular weight is 723 g/mol. The fourth-order valence-corrected chi connectivity index (χ4v) is 6.84. The van der Waals surface area contributed by atoms with Crippen LogP contribution in [-0.2, 0) is 33.5 Å². The Kier molecular flexibility index (Phi) is 17.1. The first-order chi connectivity index (χ1) is 25.2. The maximum Gasteiger partial charge on any atom is 0.425 e. The topological polar surface area (TPSA) is 61.8 Å². The lowest BCUT2D eigenvalue weighted by atomic mass is 9.81. The molecule has 0 saturated heterocycles. The minimum absolute atomic E-state index is 0.222. The van der Waals surface area contributed by atoms with E-state index in [1.54, 1.807) is 24.3 Å². The van der Waals surface area contributed by atoms with Crippen LogP contribution < -0.4 is 4.74 Å². The average Bonchev–Trinajstić information content (AvgIpc) is 3.14. The summed E-state index contributed by atoms with van der Waals surface area (Å²) in [6, 6.07) is 22.6. The van der Waals surface area contributed by atoms with Crippen LogP contribution in [0.4, 0.5) is 13.2 Å². The highest BCUT2D eigenvalue weighted by Crippen LogP contribution is 2.40. The summed E-state index contributed by atoms with van der Waals surface area (Å²) in [5.41, 5.74) is 4.06. The Labute approximate surface area is 308 Å². The van der Waals surface area contributed by atoms with Crippen LogP contribution in [0.3, 0.4) is 0 Å². The second-order valence-corrected chi connectivity index (χ2v) is 14.2. The van der Waals surface area contributed by atoms with Crippen molar-refractivity contribution in [3.8, 4) is 5.75 Å². The molecule has 0 bridgehead atoms. The summed E-state index contributed by atoms with van der Waals surface area (Å²) in [6.45, 7) is 4.96. The van der Waals surface area contributed by atoms with Gasteiger partial charge in [0.05, 0.1) is 18.1 Å². The van der Waals surface area contributed by atoms with Crippen molar-refractivity contribution in [3.05, 3.63) is 101 Å². The van der Waals surface area contributed by atoms with Crippen molar-refractivity contribution in [1.82, 2.24) is 0 Å². The first-order valence-electron chi connectivity index (χ1n) is 19.6. The minimum atomic E-state index is -4.67. The van der Waals surface area contributed by atoms with Crippen LogP contribution in [0, 0.1) is 5.92 Å². The molecule has 0 radical (unpaired) electrons. The van der Waals surface area contributed by atoms with E-state index >= 15 is 0 Å². The lowest BCUT2D eigenvalue weighted by molar-refractivity contribution is -0.227. The van der Waals surface area contributed by atoms with Crippen LogP contribution >= 0.6 is 0 Å². The van der Waals surface area contributed by atoms with Gasteiger partial charge in [-0.3, -0.25) is 4.79 Å². The van der Waals surface area contributed by atoms with Crippen molar-refractivity contribution in [2.45, 2.75) is 141 Å². The van der Waals surface area contributed by atoms with Gasteiger partial charge in [0, 0.05) is 0 Å². The monoisotopic (exact) mass is 722 g/mol. The van der Waals surface area contributed by atoms with Crippen LogP contribution in [0.1, 0.15) is 142 Å². The van der Waals surface area contributed by atoms with Gasteiger partial charge in [0.15, 0.2) is 6.10 Å². The Morgan fingerprint density at radius 2 is 1.31 bits per heavy atom. The van der Waals surface area contributed by atoms with Gasteiger partial charge >= 0.3 is 18.1 Å². The molecule has 5 nitrogen and oxygen atoms in total. The number of unbranched alkanes of at least 4 members (excludes halogenated alkanes) is 10. The molecular weight excluding hydrogens is 665 g/mol. The molecule has 3 aromatic carbocycles. The second kappa shape index (κ2) is 21.7. The van der Waals surface area contributed by atoms with Crippen LogP contribution in [-0.4, -0.2) is 30.8 Å². The van der Waals surface area contributed by atoms with Crippen molar-refractivity contribution in [3.63, 3.8) is 0 Å². The maximum atomic E-state index is 13.9. The molecule has 0 heterocycles. The number of fused-ring (bicyclic) bond motifs is 1. The predicted octanol–water partition coefficient (Wildman–Crippen LogP) is 11.9. The third-order valence-electron chi connectivity index (χ3n) is 10.0. The second-order valence-electron chi connectivity index (χ2n) is 14.2. The number of rotatable bonds is 22. The van der Waals surface area contributed by atoms with Crippen molar-refractivity contribution in [2.24, 2.45) is 5.92 Å². The number of benzene rings is 3. The molecule has 0 N–H and O–H groups in total. The molecule has 3 atom stereocenters. The first-order valence-corrected chi connectivity index (χ1v) is 19.6. The molecule has 3 aromatic rings. The molecule has 284 valence electrons. The summed E-state index contributed by atoms with van der Waals surface area (Å²) in [5.74, 6) is -1.78. The smallest absolute Gasteiger partial charge is 0.425 e. The number of halogens is 3. The molecule has 0 aliphatic heterocycles. The predicted molar refractivity (Wildman–Crippen MR) is 200 cm³/mol. The lowest BCUT2D eigenvalue weighted by Crippen LogP contribution is -2.39. The van der Waals surface area contributed by atoms with Gasteiger partial charge in [-0.05, 0) is 91.5 Å². The number of hydrogen-bond acceptors (Lipinski definition) is 5. The van der Waals surface area contributed by atoms with E-state index in [0.717, 1.165) is 55.6 Å². The number of hydrogen-bond donors (Lipinski definition) is 0. The lowest BCUT2D eigenvalue weighted by Gasteiger charge is -2.33. The fraction of sp³-hybridized carbons (Fsp3) is 0.545. The number of ether oxygens (including phenoxy) is 3. The number of alkyl halides is 3. The molecule has 52 heavy (non-hydrogen) atoms. The quantitative estimate of drug-likeness (QED) is 0.0763. The van der Waals surface area contributed by atoms with E-state index in [9.17, 15) is 22.8 Å². The van der Waals surface area contributed by atoms with Gasteiger partial charge in [-0.1, -0.05) is 127 Å². The number of aryl methyl sites for hydroxylation is 3. The maximum absolute atomic E-state index is 13.9. The van der Waals surface area contributed by atoms with Gasteiger partial charge in [-0.2, -0.15) is 13.2 Å². The Morgan fingerprint density at radius 3 is 1.94 bits per heavy atom. The normalized spacial score (nSPS) is 16.2. The van der Waals surface area contributed by atoms with E-state index in [-0.39, 0.29) is 12.8 Å². The molecule has 0 amide bonds. The minimum Gasteiger partial charge on any atom is -0.494 e. The number of carbonyl (C=O) groups is 2. The van der Waals surface area contributed by atoms with Crippen molar-refractivity contribution < 1.29 is 37.0 Å². The van der Waals surface area contributed by atoms with E-state index in [4.69, 9.17) is 14.2 Å². The fourth-order valence-electron chi connectivity index (χ4n) is 6.84. The molecule has 8 heteroatoms. The largest absolute Gasteiger partial charge is 0.494 e. The zero-order valence-electron chi connectivity index (χ0n) is 31.1. The van der Waals surface area contributed by atoms with E-state index in [2.05, 4.69) is 19.1 Å². The summed E-state index contributed by atoms with van der Waals surface area (Å²) in [5, 5.41) is 0. The standard InChI is InChI=1S/C44H57F3O5/c1-3-5-7-9-10-11-12-16-32-50-37-29-24-34(25-30-37)21-20-33-22-26-36(27-23-33)42(48)52-41-38-18-15-14-17-35(38)28-31-39(41)43(49)51-40(44(45,46)47)19-13-8-6-4-2/h14-15,17-18,22-27,29-30,39-41H,3-13,16,19-21,28,31-32H2,1-2H3/t39?,40-,41?/m1/s1. The summed E-state index contributed by atoms with van der Waals surface area (Å²) >= 11 is 0. The van der Waals surface area contributed by atoms with Crippen LogP contribution in [0.25, 0.3) is 0 Å². The van der Waals surface area contributed by atoms with Crippen molar-refractivity contribution in [2.75, 3.05) is 6.61 Å². The molecule has 1 aliphatic rings. The Hall–Kier alpha value is -3.81. The van der Waals surface area contributed by atoms with E-state index in [1.165, 1.54) is 50.5 Å². The van der Waals surface area contributed by atoms with Gasteiger partial charge in [-0.25, -0.2) is 4.79 Å². The van der Waals surface area contributed by atoms with Gasteiger partial charge in [0.25, 0.3) is 0 Å². The van der Waals surface area contributed by atoms with Crippen molar-refractivity contribution in [1.29, 1.82) is 0 Å². The summed E-state index contributed by atoms with van der Waals surface area (Å²) in [6.07, 6.45) is 6.91. The molecule has 0 aromatic heterocycles. The van der Waals surface area contributed by atoms with E-state index < -0.39 is 36.2 Å². The van der Waals surface area contributed by atoms with Crippen LogP contribution in [0.5, 0.6) is 5.75 Å². The first kappa shape index (κ1) is 41.0. The van der Waals surface area contributed by atoms with Crippen molar-refractivity contribution >= 4 is 11.9 Å². The Balaban J connectivity index is 1.29. The highest BCUT2D eigenvalue weighted by Gasteiger charge is 2.45. The third-order valence-corrected chi connectivity index (χ3v) is 10.0. The molecule has 4 rings (SSSR count). The van der Waals surface area contributed by atoms with Gasteiger partial charge in [0.2, 0.25) is 0 Å². The van der Waals surface area contributed by atoms with E-state index in [1.807, 2.05) is 43.3 Å². The van der Waals surface area contributed by atoms with Crippen LogP contribution in [0.2, 0.25) is 0 Å². The Morgan fingerprint density at radius 1 is 0.731 bits per heavy atom. The van der Waals surface area contributed by atoms with Gasteiger partial charge < -0.3 is 14.2 Å². The summed E-state index contributed by atoms with van der Waals surface area (Å²) in [7, 11) is 0. The number of carbonyl (C=O) groups excluding carboxylic acids is 2. The third kappa shape index (κ3) is 13.3. The number of esters is 2. The zero-order chi connectivity index (χ0) is 37.2. The molecule has 1 aliphatic carbocycles.